The number of rotatable bonds is 0. The number of halogens is 6. The van der Waals surface area contributed by atoms with Gasteiger partial charge in [-0.3, -0.25) is 0 Å². The number of hydrogen-bond acceptors (Lipinski definition) is 0. The Morgan fingerprint density at radius 2 is 1.00 bits per heavy atom. The van der Waals surface area contributed by atoms with Gasteiger partial charge in [0.05, 0.1) is 0 Å². The van der Waals surface area contributed by atoms with Gasteiger partial charge >= 0.3 is 0 Å². The lowest BCUT2D eigenvalue weighted by atomic mass is 9.95. The Hall–Kier alpha value is 1.74. The van der Waals surface area contributed by atoms with E-state index in [4.69, 9.17) is 69.6 Å². The zero-order valence-corrected chi connectivity index (χ0v) is 9.01. The highest BCUT2D eigenvalue weighted by Gasteiger charge is 2.72. The van der Waals surface area contributed by atoms with Gasteiger partial charge in [0.25, 0.3) is 0 Å². The van der Waals surface area contributed by atoms with E-state index in [0.717, 1.165) is 0 Å². The first-order valence-corrected chi connectivity index (χ1v) is 4.61. The molecule has 1 aliphatic carbocycles. The molecule has 0 aromatic heterocycles. The van der Waals surface area contributed by atoms with E-state index in [2.05, 4.69) is 0 Å². The van der Waals surface area contributed by atoms with E-state index in [1.165, 1.54) is 0 Å². The minimum atomic E-state index is -1.48. The molecule has 1 saturated carbocycles. The molecule has 0 N–H and O–H groups in total. The van der Waals surface area contributed by atoms with Crippen molar-refractivity contribution in [2.45, 2.75) is 19.4 Å². The van der Waals surface area contributed by atoms with Crippen LogP contribution in [0.2, 0.25) is 0 Å². The van der Waals surface area contributed by atoms with E-state index in [0.29, 0.717) is 0 Å². The predicted octanol–water partition coefficient (Wildman–Crippen LogP) is 3.91. The summed E-state index contributed by atoms with van der Waals surface area (Å²) in [5.74, 6) is 0. The molecule has 6 heteroatoms. The first-order chi connectivity index (χ1) is 4.21. The maximum Gasteiger partial charge on any atom is 0.183 e. The fourth-order valence-corrected chi connectivity index (χ4v) is 2.84. The lowest BCUT2D eigenvalue weighted by Gasteiger charge is -2.52. The highest BCUT2D eigenvalue weighted by atomic mass is 35.5. The third-order valence-electron chi connectivity index (χ3n) is 1.36. The molecule has 0 bridgehead atoms. The molecular formula is C4H2Cl6. The first kappa shape index (κ1) is 9.83. The molecule has 10 heavy (non-hydrogen) atoms. The van der Waals surface area contributed by atoms with Crippen molar-refractivity contribution in [2.24, 2.45) is 0 Å². The van der Waals surface area contributed by atoms with E-state index in [1.54, 1.807) is 0 Å². The van der Waals surface area contributed by atoms with Crippen molar-refractivity contribution in [3.05, 3.63) is 0 Å². The second-order valence-corrected chi connectivity index (χ2v) is 6.46. The van der Waals surface area contributed by atoms with Crippen molar-refractivity contribution in [3.8, 4) is 0 Å². The van der Waals surface area contributed by atoms with Gasteiger partial charge in [-0.1, -0.05) is 69.6 Å². The Kier molecular flexibility index (Phi) is 2.33. The lowest BCUT2D eigenvalue weighted by molar-refractivity contribution is 0.399. The van der Waals surface area contributed by atoms with Gasteiger partial charge in [-0.15, -0.1) is 0 Å². The Balaban J connectivity index is 2.85. The summed E-state index contributed by atoms with van der Waals surface area (Å²) >= 11 is 33.7. The van der Waals surface area contributed by atoms with Crippen molar-refractivity contribution >= 4 is 69.6 Å². The lowest BCUT2D eigenvalue weighted by Crippen LogP contribution is -2.63. The molecular weight excluding hydrogens is 261 g/mol. The Labute approximate surface area is 88.6 Å². The van der Waals surface area contributed by atoms with E-state index in [-0.39, 0.29) is 6.42 Å². The van der Waals surface area contributed by atoms with Crippen LogP contribution in [0.15, 0.2) is 0 Å². The minimum Gasteiger partial charge on any atom is -0.0980 e. The topological polar surface area (TPSA) is 0 Å². The van der Waals surface area contributed by atoms with Gasteiger partial charge in [0.15, 0.2) is 13.0 Å². The van der Waals surface area contributed by atoms with Crippen molar-refractivity contribution < 1.29 is 0 Å². The van der Waals surface area contributed by atoms with Crippen molar-refractivity contribution in [2.75, 3.05) is 0 Å². The summed E-state index contributed by atoms with van der Waals surface area (Å²) in [6.45, 7) is 0. The molecule has 0 saturated heterocycles. The molecule has 1 fully saturated rings. The van der Waals surface area contributed by atoms with E-state index >= 15 is 0 Å². The van der Waals surface area contributed by atoms with Gasteiger partial charge in [-0.2, -0.15) is 0 Å². The highest BCUT2D eigenvalue weighted by Crippen LogP contribution is 2.68. The molecule has 0 unspecified atom stereocenters. The molecule has 0 nitrogen and oxygen atoms in total. The van der Waals surface area contributed by atoms with Crippen LogP contribution in [0.1, 0.15) is 6.42 Å². The van der Waals surface area contributed by atoms with Crippen LogP contribution in [0.4, 0.5) is 0 Å². The average molecular weight is 263 g/mol. The largest absolute Gasteiger partial charge is 0.183 e. The van der Waals surface area contributed by atoms with E-state index < -0.39 is 13.0 Å². The van der Waals surface area contributed by atoms with Gasteiger partial charge in [-0.05, 0) is 0 Å². The van der Waals surface area contributed by atoms with Crippen LogP contribution in [-0.4, -0.2) is 13.0 Å². The quantitative estimate of drug-likeness (QED) is 0.581. The molecule has 0 atom stereocenters. The van der Waals surface area contributed by atoms with Crippen LogP contribution in [-0.2, 0) is 0 Å². The van der Waals surface area contributed by atoms with Crippen molar-refractivity contribution in [3.63, 3.8) is 0 Å². The predicted molar refractivity (Wildman–Crippen MR) is 47.9 cm³/mol. The van der Waals surface area contributed by atoms with Gasteiger partial charge in [0, 0.05) is 6.42 Å². The van der Waals surface area contributed by atoms with Crippen molar-refractivity contribution in [1.82, 2.24) is 0 Å². The maximum atomic E-state index is 5.63. The SMILES string of the molecule is ClC1(Cl)CC(Cl)(Cl)C1(Cl)Cl. The smallest absolute Gasteiger partial charge is 0.0980 e. The summed E-state index contributed by atoms with van der Waals surface area (Å²) in [7, 11) is 0. The molecule has 1 aliphatic rings. The molecule has 0 aromatic rings. The zero-order valence-electron chi connectivity index (χ0n) is 4.47. The van der Waals surface area contributed by atoms with Gasteiger partial charge in [0.1, 0.15) is 0 Å². The van der Waals surface area contributed by atoms with Crippen LogP contribution >= 0.6 is 69.6 Å². The van der Waals surface area contributed by atoms with Gasteiger partial charge in [-0.25, -0.2) is 0 Å². The van der Waals surface area contributed by atoms with Gasteiger partial charge in [0.2, 0.25) is 0 Å². The van der Waals surface area contributed by atoms with E-state index in [9.17, 15) is 0 Å². The third kappa shape index (κ3) is 1.12. The summed E-state index contributed by atoms with van der Waals surface area (Å²) in [6.07, 6.45) is 0.166. The fourth-order valence-electron chi connectivity index (χ4n) is 0.662. The minimum absolute atomic E-state index is 0.166. The van der Waals surface area contributed by atoms with Crippen LogP contribution in [0.25, 0.3) is 0 Å². The summed E-state index contributed by atoms with van der Waals surface area (Å²) in [5, 5.41) is 0. The molecule has 0 aromatic carbocycles. The Morgan fingerprint density at radius 1 is 0.700 bits per heavy atom. The van der Waals surface area contributed by atoms with Gasteiger partial charge < -0.3 is 0 Å². The van der Waals surface area contributed by atoms with Crippen LogP contribution in [0, 0.1) is 0 Å². The van der Waals surface area contributed by atoms with Crippen molar-refractivity contribution in [1.29, 1.82) is 0 Å². The van der Waals surface area contributed by atoms with Crippen LogP contribution in [0.3, 0.4) is 0 Å². The fraction of sp³-hybridized carbons (Fsp3) is 1.00. The number of alkyl halides is 6. The van der Waals surface area contributed by atoms with Crippen LogP contribution in [0.5, 0.6) is 0 Å². The monoisotopic (exact) mass is 260 g/mol. The summed E-state index contributed by atoms with van der Waals surface area (Å²) in [5.41, 5.74) is 0. The molecule has 0 spiro atoms. The number of hydrogen-bond donors (Lipinski definition) is 0. The molecule has 60 valence electrons. The molecule has 0 heterocycles. The second kappa shape index (κ2) is 2.37. The Bertz CT molecular complexity index is 143. The summed E-state index contributed by atoms with van der Waals surface area (Å²) in [4.78, 5) is 0. The first-order valence-electron chi connectivity index (χ1n) is 2.34. The third-order valence-corrected chi connectivity index (χ3v) is 5.10. The van der Waals surface area contributed by atoms with Crippen LogP contribution < -0.4 is 0 Å². The summed E-state index contributed by atoms with van der Waals surface area (Å²) < 4.78 is -3.95. The standard InChI is InChI=1S/C4H2Cl6/c5-2(6)1-3(7,8)4(2,9)10/h1H2. The average Bonchev–Trinajstić information content (AvgIpc) is 1.61. The molecule has 0 radical (unpaired) electrons. The normalized spacial score (nSPS) is 33.0. The highest BCUT2D eigenvalue weighted by molar-refractivity contribution is 6.72. The second-order valence-electron chi connectivity index (χ2n) is 2.16. The zero-order chi connectivity index (χ0) is 8.21. The van der Waals surface area contributed by atoms with E-state index in [1.807, 2.05) is 0 Å². The Morgan fingerprint density at radius 3 is 1.00 bits per heavy atom. The molecule has 0 amide bonds. The summed E-state index contributed by atoms with van der Waals surface area (Å²) in [6, 6.07) is 0. The molecule has 1 rings (SSSR count). The maximum absolute atomic E-state index is 5.63. The molecule has 0 aliphatic heterocycles.